The molecule has 4 aliphatic rings. The highest BCUT2D eigenvalue weighted by molar-refractivity contribution is 7.86. The van der Waals surface area contributed by atoms with Gasteiger partial charge in [-0.05, 0) is 154 Å². The summed E-state index contributed by atoms with van der Waals surface area (Å²) in [5.41, 5.74) is 4.56. The van der Waals surface area contributed by atoms with Crippen LogP contribution in [0.5, 0.6) is 0 Å². The van der Waals surface area contributed by atoms with E-state index in [-0.39, 0.29) is 44.4 Å². The summed E-state index contributed by atoms with van der Waals surface area (Å²) in [4.78, 5) is 11.6. The normalized spacial score (nSPS) is 31.3. The molecule has 0 unspecified atom stereocenters. The zero-order valence-corrected chi connectivity index (χ0v) is 36.4. The first-order valence-electron chi connectivity index (χ1n) is 19.7. The highest BCUT2D eigenvalue weighted by Gasteiger charge is 2.60. The van der Waals surface area contributed by atoms with Gasteiger partial charge in [-0.3, -0.25) is 4.18 Å². The zero-order chi connectivity index (χ0) is 37.1. The minimum atomic E-state index is -3.77. The third-order valence-corrected chi connectivity index (χ3v) is 24.2. The smallest absolute Gasteiger partial charge is 0.296 e. The fraction of sp³-hybridized carbons (Fsp3) is 0.762. The van der Waals surface area contributed by atoms with Gasteiger partial charge in [0.25, 0.3) is 10.1 Å². The lowest BCUT2D eigenvalue weighted by Gasteiger charge is -2.49. The summed E-state index contributed by atoms with van der Waals surface area (Å²) in [5, 5.41) is 0.110. The monoisotopic (exact) mass is 742 g/mol. The van der Waals surface area contributed by atoms with Crippen LogP contribution in [0.1, 0.15) is 118 Å². The Morgan fingerprint density at radius 3 is 2.20 bits per heavy atom. The average molecular weight is 743 g/mol. The molecule has 0 heterocycles. The Balaban J connectivity index is 1.35. The lowest BCUT2D eigenvalue weighted by Crippen LogP contribution is -2.50. The summed E-state index contributed by atoms with van der Waals surface area (Å²) in [6.07, 6.45) is 16.8. The van der Waals surface area contributed by atoms with Crippen LogP contribution in [-0.2, 0) is 18.7 Å². The van der Waals surface area contributed by atoms with Crippen LogP contribution in [-0.4, -0.2) is 42.6 Å². The maximum Gasteiger partial charge on any atom is 0.296 e. The van der Waals surface area contributed by atoms with Crippen molar-refractivity contribution >= 4 is 26.8 Å². The molecule has 1 N–H and O–H groups in total. The number of rotatable bonds is 11. The Hall–Kier alpha value is -1.04. The lowest BCUT2D eigenvalue weighted by molar-refractivity contribution is 0.0358. The Bertz CT molecular complexity index is 1500. The van der Waals surface area contributed by atoms with E-state index in [2.05, 4.69) is 86.8 Å². The number of fused-ring (bicyclic) bond motifs is 1. The van der Waals surface area contributed by atoms with Crippen LogP contribution in [0.25, 0.3) is 0 Å². The van der Waals surface area contributed by atoms with Gasteiger partial charge in [0, 0.05) is 0 Å². The summed E-state index contributed by atoms with van der Waals surface area (Å²) >= 11 is 0. The van der Waals surface area contributed by atoms with Crippen molar-refractivity contribution in [3.8, 4) is 0 Å². The van der Waals surface area contributed by atoms with Crippen molar-refractivity contribution in [1.82, 2.24) is 0 Å². The van der Waals surface area contributed by atoms with E-state index in [1.165, 1.54) is 37.7 Å². The molecular weight excluding hydrogens is 673 g/mol. The molecular formula is C42H70O5SSi2. The second-order valence-electron chi connectivity index (χ2n) is 20.0. The first-order valence-corrected chi connectivity index (χ1v) is 26.9. The third kappa shape index (κ3) is 8.06. The van der Waals surface area contributed by atoms with Crippen LogP contribution in [0.3, 0.4) is 0 Å². The van der Waals surface area contributed by atoms with Gasteiger partial charge < -0.3 is 9.22 Å². The van der Waals surface area contributed by atoms with Crippen molar-refractivity contribution in [2.75, 3.05) is 6.61 Å². The van der Waals surface area contributed by atoms with Gasteiger partial charge in [0.15, 0.2) is 16.6 Å². The first-order chi connectivity index (χ1) is 22.9. The molecule has 0 radical (unpaired) electrons. The van der Waals surface area contributed by atoms with Gasteiger partial charge in [0.2, 0.25) is 0 Å². The first kappa shape index (κ1) is 40.2. The van der Waals surface area contributed by atoms with E-state index >= 15 is 0 Å². The third-order valence-electron chi connectivity index (χ3n) is 14.9. The van der Waals surface area contributed by atoms with Crippen molar-refractivity contribution in [3.05, 3.63) is 53.1 Å². The summed E-state index contributed by atoms with van der Waals surface area (Å²) in [7, 11) is -8.09. The van der Waals surface area contributed by atoms with E-state index in [0.29, 0.717) is 17.8 Å². The van der Waals surface area contributed by atoms with Gasteiger partial charge in [0.05, 0.1) is 17.6 Å². The molecule has 1 aromatic carbocycles. The SMILES string of the molecule is Cc1ccc(S(=O)(=O)OC[C@H](C)[C@H]2CC[C@H]3/C(=C/C=C4\C[C@@H](CC(C)(C)[Si](C)(C)O)C5(CC5)[C@H](O[Si](C)(C)C(C)(C)C)C4)CCC[C@]23C)cc1. The molecule has 8 heteroatoms. The van der Waals surface area contributed by atoms with E-state index in [0.717, 1.165) is 37.7 Å². The molecule has 1 spiro atoms. The van der Waals surface area contributed by atoms with Gasteiger partial charge in [-0.15, -0.1) is 0 Å². The molecule has 0 aromatic heterocycles. The second kappa shape index (κ2) is 14.0. The zero-order valence-electron chi connectivity index (χ0n) is 33.6. The fourth-order valence-electron chi connectivity index (χ4n) is 9.68. The molecule has 4 saturated carbocycles. The molecule has 4 fully saturated rings. The summed E-state index contributed by atoms with van der Waals surface area (Å²) in [6, 6.07) is 6.94. The summed E-state index contributed by atoms with van der Waals surface area (Å²) < 4.78 is 39.0. The van der Waals surface area contributed by atoms with E-state index in [4.69, 9.17) is 8.61 Å². The molecule has 50 heavy (non-hydrogen) atoms. The van der Waals surface area contributed by atoms with Crippen molar-refractivity contribution < 1.29 is 21.8 Å². The molecule has 5 rings (SSSR count). The largest absolute Gasteiger partial charge is 0.432 e. The van der Waals surface area contributed by atoms with Crippen LogP contribution in [0.2, 0.25) is 36.3 Å². The van der Waals surface area contributed by atoms with Crippen LogP contribution < -0.4 is 0 Å². The summed E-state index contributed by atoms with van der Waals surface area (Å²) in [6.45, 7) is 27.6. The van der Waals surface area contributed by atoms with Gasteiger partial charge in [-0.2, -0.15) is 8.42 Å². The Morgan fingerprint density at radius 2 is 1.62 bits per heavy atom. The number of hydrogen-bond acceptors (Lipinski definition) is 5. The maximum atomic E-state index is 13.0. The lowest BCUT2D eigenvalue weighted by atomic mass is 9.61. The molecule has 6 atom stereocenters. The number of benzene rings is 1. The molecule has 4 aliphatic carbocycles. The highest BCUT2D eigenvalue weighted by atomic mass is 32.2. The van der Waals surface area contributed by atoms with Crippen LogP contribution in [0, 0.1) is 41.4 Å². The van der Waals surface area contributed by atoms with Crippen molar-refractivity contribution in [2.24, 2.45) is 34.5 Å². The van der Waals surface area contributed by atoms with Gasteiger partial charge in [0.1, 0.15) is 0 Å². The molecule has 0 aliphatic heterocycles. The van der Waals surface area contributed by atoms with Crippen LogP contribution in [0.4, 0.5) is 0 Å². The van der Waals surface area contributed by atoms with Crippen LogP contribution >= 0.6 is 0 Å². The van der Waals surface area contributed by atoms with Crippen molar-refractivity contribution in [2.45, 2.75) is 167 Å². The van der Waals surface area contributed by atoms with E-state index in [9.17, 15) is 13.2 Å². The van der Waals surface area contributed by atoms with E-state index < -0.39 is 26.8 Å². The Labute approximate surface area is 308 Å². The standard InChI is InChI=1S/C42H70O5SSi2/c1-30-15-19-35(20-16-30)48(43,44)46-29-31(2)36-21-22-37-33(14-13-23-41(36,37)8)18-17-32-26-34(28-40(6,7)49(9,10)45)42(24-25-42)38(27-32)47-50(11,12)39(3,4)5/h15-20,31,34,36-38,45H,13-14,21-29H2,1-12H3/b32-17+,33-18+/t31-,34-,36+,37-,38+,41+/m0/s1. The highest BCUT2D eigenvalue weighted by Crippen LogP contribution is 2.66. The number of hydrogen-bond donors (Lipinski definition) is 1. The molecule has 0 amide bonds. The Morgan fingerprint density at radius 1 is 0.980 bits per heavy atom. The predicted octanol–water partition coefficient (Wildman–Crippen LogP) is 11.4. The minimum absolute atomic E-state index is 0.0559. The van der Waals surface area contributed by atoms with Gasteiger partial charge in [-0.1, -0.05) is 89.5 Å². The predicted molar refractivity (Wildman–Crippen MR) is 213 cm³/mol. The van der Waals surface area contributed by atoms with Crippen molar-refractivity contribution in [1.29, 1.82) is 0 Å². The molecule has 5 nitrogen and oxygen atoms in total. The average Bonchev–Trinajstić information content (AvgIpc) is 3.71. The molecule has 282 valence electrons. The van der Waals surface area contributed by atoms with Gasteiger partial charge in [-0.25, -0.2) is 0 Å². The van der Waals surface area contributed by atoms with Crippen LogP contribution in [0.15, 0.2) is 52.5 Å². The maximum absolute atomic E-state index is 13.0. The number of aryl methyl sites for hydroxylation is 1. The number of allylic oxidation sites excluding steroid dienone is 3. The Kier molecular flexibility index (Phi) is 11.2. The fourth-order valence-corrected chi connectivity index (χ4v) is 12.8. The molecule has 0 bridgehead atoms. The second-order valence-corrected chi connectivity index (χ2v) is 30.9. The van der Waals surface area contributed by atoms with E-state index in [1.807, 2.05) is 19.1 Å². The molecule has 0 saturated heterocycles. The van der Waals surface area contributed by atoms with Crippen molar-refractivity contribution in [3.63, 3.8) is 0 Å². The molecule has 1 aromatic rings. The summed E-state index contributed by atoms with van der Waals surface area (Å²) in [5.74, 6) is 1.66. The topological polar surface area (TPSA) is 72.8 Å². The van der Waals surface area contributed by atoms with E-state index in [1.54, 1.807) is 17.7 Å². The van der Waals surface area contributed by atoms with Gasteiger partial charge >= 0.3 is 0 Å². The quantitative estimate of drug-likeness (QED) is 0.180. The minimum Gasteiger partial charge on any atom is -0.432 e.